The largest absolute Gasteiger partial charge is 0.494 e. The molecule has 6 nitrogen and oxygen atoms in total. The number of nitrogens with one attached hydrogen (secondary N) is 1. The van der Waals surface area contributed by atoms with Crippen LogP contribution in [0.5, 0.6) is 5.75 Å². The summed E-state index contributed by atoms with van der Waals surface area (Å²) >= 11 is 1.26. The van der Waals surface area contributed by atoms with Crippen molar-refractivity contribution in [3.63, 3.8) is 0 Å². The van der Waals surface area contributed by atoms with E-state index in [2.05, 4.69) is 10.3 Å². The number of carbonyl (C=O) groups excluding carboxylic acids is 1. The summed E-state index contributed by atoms with van der Waals surface area (Å²) in [6.07, 6.45) is 0. The van der Waals surface area contributed by atoms with Gasteiger partial charge in [-0.25, -0.2) is 17.8 Å². The van der Waals surface area contributed by atoms with Crippen molar-refractivity contribution in [1.29, 1.82) is 0 Å². The molecule has 29 heavy (non-hydrogen) atoms. The van der Waals surface area contributed by atoms with Crippen LogP contribution in [0, 0.1) is 12.7 Å². The van der Waals surface area contributed by atoms with Crippen LogP contribution in [0.3, 0.4) is 0 Å². The van der Waals surface area contributed by atoms with Gasteiger partial charge >= 0.3 is 0 Å². The van der Waals surface area contributed by atoms with Gasteiger partial charge < -0.3 is 10.1 Å². The molecule has 0 bridgehead atoms. The van der Waals surface area contributed by atoms with Gasteiger partial charge in [-0.05, 0) is 62.4 Å². The van der Waals surface area contributed by atoms with Crippen molar-refractivity contribution in [3.05, 3.63) is 59.2 Å². The molecule has 0 unspecified atom stereocenters. The number of aryl methyl sites for hydroxylation is 1. The summed E-state index contributed by atoms with van der Waals surface area (Å²) in [7, 11) is -3.88. The first kappa shape index (κ1) is 20.9. The molecule has 2 aromatic carbocycles. The molecule has 1 aromatic heterocycles. The highest BCUT2D eigenvalue weighted by Gasteiger charge is 2.21. The predicted molar refractivity (Wildman–Crippen MR) is 111 cm³/mol. The molecule has 1 heterocycles. The number of benzene rings is 2. The Morgan fingerprint density at radius 2 is 1.79 bits per heavy atom. The minimum atomic E-state index is -3.88. The highest BCUT2D eigenvalue weighted by atomic mass is 32.2. The predicted octanol–water partition coefficient (Wildman–Crippen LogP) is 4.07. The molecule has 1 N–H and O–H groups in total. The number of ether oxygens (including phenoxy) is 1. The van der Waals surface area contributed by atoms with Crippen molar-refractivity contribution < 1.29 is 22.3 Å². The molecule has 3 aromatic rings. The summed E-state index contributed by atoms with van der Waals surface area (Å²) in [5.41, 5.74) is 1.57. The maximum Gasteiger partial charge on any atom is 0.241 e. The monoisotopic (exact) mass is 434 g/mol. The Morgan fingerprint density at radius 3 is 2.41 bits per heavy atom. The molecule has 0 saturated heterocycles. The molecular weight excluding hydrogens is 415 g/mol. The minimum absolute atomic E-state index is 0.112. The van der Waals surface area contributed by atoms with Gasteiger partial charge in [0.2, 0.25) is 5.91 Å². The maximum absolute atomic E-state index is 13.0. The summed E-state index contributed by atoms with van der Waals surface area (Å²) < 4.78 is 43.0. The first-order valence-electron chi connectivity index (χ1n) is 8.77. The van der Waals surface area contributed by atoms with Crippen LogP contribution in [-0.4, -0.2) is 31.7 Å². The second-order valence-electron chi connectivity index (χ2n) is 6.14. The molecule has 0 fully saturated rings. The Labute approximate surface area is 172 Å². The van der Waals surface area contributed by atoms with E-state index in [1.807, 2.05) is 38.1 Å². The Kier molecular flexibility index (Phi) is 6.29. The zero-order valence-electron chi connectivity index (χ0n) is 15.8. The number of anilines is 1. The third-order valence-corrected chi connectivity index (χ3v) is 6.49. The molecule has 0 atom stereocenters. The van der Waals surface area contributed by atoms with E-state index in [0.29, 0.717) is 17.4 Å². The van der Waals surface area contributed by atoms with Crippen LogP contribution >= 0.6 is 11.3 Å². The molecule has 1 amide bonds. The highest BCUT2D eigenvalue weighted by Crippen LogP contribution is 2.31. The van der Waals surface area contributed by atoms with Crippen LogP contribution in [-0.2, 0) is 14.6 Å². The van der Waals surface area contributed by atoms with Crippen molar-refractivity contribution in [2.75, 3.05) is 17.7 Å². The van der Waals surface area contributed by atoms with Gasteiger partial charge in [0.15, 0.2) is 15.0 Å². The number of thiazole rings is 1. The van der Waals surface area contributed by atoms with Gasteiger partial charge in [-0.2, -0.15) is 0 Å². The number of halogens is 1. The average Bonchev–Trinajstić information content (AvgIpc) is 3.02. The van der Waals surface area contributed by atoms with Gasteiger partial charge in [-0.1, -0.05) is 0 Å². The molecule has 152 valence electrons. The number of carbonyl (C=O) groups is 1. The molecule has 0 saturated carbocycles. The lowest BCUT2D eigenvalue weighted by Crippen LogP contribution is -2.23. The Morgan fingerprint density at radius 1 is 1.14 bits per heavy atom. The first-order valence-corrected chi connectivity index (χ1v) is 11.2. The zero-order chi connectivity index (χ0) is 21.0. The van der Waals surface area contributed by atoms with Crippen molar-refractivity contribution in [1.82, 2.24) is 4.98 Å². The van der Waals surface area contributed by atoms with Gasteiger partial charge in [0.1, 0.15) is 17.3 Å². The number of nitrogens with zero attached hydrogens (tertiary/aromatic N) is 1. The van der Waals surface area contributed by atoms with Gasteiger partial charge in [0.05, 0.1) is 17.2 Å². The summed E-state index contributed by atoms with van der Waals surface area (Å²) in [6, 6.07) is 11.8. The normalized spacial score (nSPS) is 11.3. The average molecular weight is 435 g/mol. The topological polar surface area (TPSA) is 85.4 Å². The Hall–Kier alpha value is -2.78. The van der Waals surface area contributed by atoms with E-state index in [1.54, 1.807) is 0 Å². The molecule has 9 heteroatoms. The van der Waals surface area contributed by atoms with E-state index in [-0.39, 0.29) is 4.90 Å². The second kappa shape index (κ2) is 8.71. The van der Waals surface area contributed by atoms with E-state index in [9.17, 15) is 17.6 Å². The zero-order valence-corrected chi connectivity index (χ0v) is 17.4. The van der Waals surface area contributed by atoms with Crippen LogP contribution in [0.4, 0.5) is 9.52 Å². The first-order chi connectivity index (χ1) is 13.8. The third kappa shape index (κ3) is 5.18. The third-order valence-electron chi connectivity index (χ3n) is 3.98. The number of hydrogen-bond acceptors (Lipinski definition) is 6. The van der Waals surface area contributed by atoms with Crippen LogP contribution in [0.15, 0.2) is 53.4 Å². The van der Waals surface area contributed by atoms with Crippen LogP contribution in [0.2, 0.25) is 0 Å². The lowest BCUT2D eigenvalue weighted by molar-refractivity contribution is -0.113. The minimum Gasteiger partial charge on any atom is -0.494 e. The van der Waals surface area contributed by atoms with Crippen molar-refractivity contribution in [2.45, 2.75) is 18.7 Å². The van der Waals surface area contributed by atoms with E-state index in [4.69, 9.17) is 4.74 Å². The Balaban J connectivity index is 1.71. The van der Waals surface area contributed by atoms with E-state index in [1.165, 1.54) is 11.3 Å². The lowest BCUT2D eigenvalue weighted by atomic mass is 10.1. The fourth-order valence-electron chi connectivity index (χ4n) is 2.65. The molecule has 0 aliphatic heterocycles. The number of hydrogen-bond donors (Lipinski definition) is 1. The van der Waals surface area contributed by atoms with Crippen molar-refractivity contribution >= 4 is 32.2 Å². The van der Waals surface area contributed by atoms with Gasteiger partial charge in [-0.15, -0.1) is 11.3 Å². The standard InChI is InChI=1S/C20H19FN2O4S2/c1-3-27-16-8-4-14(5-9-16)19-13(2)28-20(23-19)22-18(24)12-29(25,26)17-10-6-15(21)7-11-17/h4-11H,3,12H2,1-2H3,(H,22,23,24). The van der Waals surface area contributed by atoms with Crippen LogP contribution in [0.25, 0.3) is 11.3 Å². The van der Waals surface area contributed by atoms with E-state index >= 15 is 0 Å². The van der Waals surface area contributed by atoms with Crippen LogP contribution in [0.1, 0.15) is 11.8 Å². The molecule has 0 radical (unpaired) electrons. The van der Waals surface area contributed by atoms with E-state index in [0.717, 1.165) is 40.5 Å². The maximum atomic E-state index is 13.0. The number of amides is 1. The van der Waals surface area contributed by atoms with Gasteiger partial charge in [0, 0.05) is 10.4 Å². The van der Waals surface area contributed by atoms with Crippen molar-refractivity contribution in [3.8, 4) is 17.0 Å². The highest BCUT2D eigenvalue weighted by molar-refractivity contribution is 7.92. The van der Waals surface area contributed by atoms with Gasteiger partial charge in [-0.3, -0.25) is 4.79 Å². The van der Waals surface area contributed by atoms with E-state index < -0.39 is 27.3 Å². The second-order valence-corrected chi connectivity index (χ2v) is 9.34. The number of sulfone groups is 1. The molecule has 0 aliphatic rings. The smallest absolute Gasteiger partial charge is 0.241 e. The van der Waals surface area contributed by atoms with Crippen LogP contribution < -0.4 is 10.1 Å². The number of aromatic nitrogens is 1. The summed E-state index contributed by atoms with van der Waals surface area (Å²) in [6.45, 7) is 4.35. The molecule has 0 aliphatic carbocycles. The molecule has 0 spiro atoms. The molecule has 3 rings (SSSR count). The summed E-state index contributed by atoms with van der Waals surface area (Å²) in [5, 5.41) is 2.84. The fraction of sp³-hybridized carbons (Fsp3) is 0.200. The quantitative estimate of drug-likeness (QED) is 0.567. The summed E-state index contributed by atoms with van der Waals surface area (Å²) in [4.78, 5) is 17.4. The fourth-order valence-corrected chi connectivity index (χ4v) is 4.63. The van der Waals surface area contributed by atoms with Gasteiger partial charge in [0.25, 0.3) is 0 Å². The lowest BCUT2D eigenvalue weighted by Gasteiger charge is -2.05. The number of rotatable bonds is 7. The summed E-state index contributed by atoms with van der Waals surface area (Å²) in [5.74, 6) is -1.26. The SMILES string of the molecule is CCOc1ccc(-c2nc(NC(=O)CS(=O)(=O)c3ccc(F)cc3)sc2C)cc1. The van der Waals surface area contributed by atoms with Crippen molar-refractivity contribution in [2.24, 2.45) is 0 Å². The molecular formula is C20H19FN2O4S2. The Bertz CT molecular complexity index is 1110.